The van der Waals surface area contributed by atoms with E-state index in [9.17, 15) is 5.26 Å². The van der Waals surface area contributed by atoms with Crippen molar-refractivity contribution >= 4 is 28.7 Å². The standard InChI is InChI=1S/C26H20N6O3/c1-33-21-12-17(13-22(34-2)24(21)35-3)23-26-31-19(14-27)25(29-15-16-8-10-28-11-9-16)32(26)20-7-5-4-6-18(20)30-23/h4-13,15H,1-3H3/b29-15+. The van der Waals surface area contributed by atoms with E-state index in [1.165, 1.54) is 0 Å². The monoisotopic (exact) mass is 464 g/mol. The number of imidazole rings is 1. The number of rotatable bonds is 6. The number of aromatic nitrogens is 4. The topological polar surface area (TPSA) is 107 Å². The van der Waals surface area contributed by atoms with Gasteiger partial charge in [-0.2, -0.15) is 5.26 Å². The number of methoxy groups -OCH3 is 3. The summed E-state index contributed by atoms with van der Waals surface area (Å²) in [5.41, 5.74) is 4.24. The molecule has 0 spiro atoms. The van der Waals surface area contributed by atoms with E-state index in [1.54, 1.807) is 52.1 Å². The van der Waals surface area contributed by atoms with Crippen LogP contribution in [0.15, 0.2) is 65.9 Å². The van der Waals surface area contributed by atoms with Crippen molar-refractivity contribution in [3.05, 3.63) is 72.2 Å². The molecule has 3 heterocycles. The van der Waals surface area contributed by atoms with Crippen molar-refractivity contribution in [2.24, 2.45) is 4.99 Å². The van der Waals surface area contributed by atoms with Crippen molar-refractivity contribution in [2.45, 2.75) is 0 Å². The largest absolute Gasteiger partial charge is 0.493 e. The van der Waals surface area contributed by atoms with Crippen molar-refractivity contribution in [3.8, 4) is 34.6 Å². The maximum atomic E-state index is 9.90. The number of pyridine rings is 1. The Bertz CT molecular complexity index is 1590. The zero-order valence-corrected chi connectivity index (χ0v) is 19.3. The molecule has 2 aromatic carbocycles. The van der Waals surface area contributed by atoms with Crippen LogP contribution in [0.25, 0.3) is 27.9 Å². The number of hydrogen-bond acceptors (Lipinski definition) is 8. The Labute approximate surface area is 200 Å². The molecule has 5 rings (SSSR count). The fourth-order valence-corrected chi connectivity index (χ4v) is 3.91. The molecule has 9 nitrogen and oxygen atoms in total. The van der Waals surface area contributed by atoms with Crippen LogP contribution in [0.4, 0.5) is 5.82 Å². The van der Waals surface area contributed by atoms with Crippen molar-refractivity contribution in [1.29, 1.82) is 5.26 Å². The molecule has 0 aliphatic heterocycles. The van der Waals surface area contributed by atoms with Crippen molar-refractivity contribution in [1.82, 2.24) is 19.4 Å². The molecule has 0 N–H and O–H groups in total. The molecule has 0 saturated heterocycles. The molecule has 0 aliphatic rings. The highest BCUT2D eigenvalue weighted by Crippen LogP contribution is 2.42. The summed E-state index contributed by atoms with van der Waals surface area (Å²) in [5, 5.41) is 9.90. The Morgan fingerprint density at radius 1 is 0.943 bits per heavy atom. The van der Waals surface area contributed by atoms with E-state index in [0.29, 0.717) is 45.5 Å². The Hall–Kier alpha value is -4.97. The van der Waals surface area contributed by atoms with Crippen LogP contribution in [-0.2, 0) is 0 Å². The summed E-state index contributed by atoms with van der Waals surface area (Å²) in [7, 11) is 4.66. The van der Waals surface area contributed by atoms with Gasteiger partial charge in [0.2, 0.25) is 5.75 Å². The summed E-state index contributed by atoms with van der Waals surface area (Å²) in [4.78, 5) is 18.2. The fraction of sp³-hybridized carbons (Fsp3) is 0.115. The average Bonchev–Trinajstić information content (AvgIpc) is 3.30. The number of hydrogen-bond donors (Lipinski definition) is 0. The molecule has 0 radical (unpaired) electrons. The zero-order chi connectivity index (χ0) is 24.4. The molecule has 0 fully saturated rings. The van der Waals surface area contributed by atoms with Gasteiger partial charge >= 0.3 is 0 Å². The first kappa shape index (κ1) is 21.9. The minimum absolute atomic E-state index is 0.183. The molecular weight excluding hydrogens is 444 g/mol. The summed E-state index contributed by atoms with van der Waals surface area (Å²) in [5.74, 6) is 1.85. The lowest BCUT2D eigenvalue weighted by Gasteiger charge is -2.15. The van der Waals surface area contributed by atoms with Gasteiger partial charge in [0.25, 0.3) is 0 Å². The predicted octanol–water partition coefficient (Wildman–Crippen LogP) is 4.59. The number of fused-ring (bicyclic) bond motifs is 3. The third-order valence-corrected chi connectivity index (χ3v) is 5.51. The molecule has 0 bridgehead atoms. The van der Waals surface area contributed by atoms with Gasteiger partial charge in [0, 0.05) is 24.2 Å². The summed E-state index contributed by atoms with van der Waals surface area (Å²) in [6, 6.07) is 17.1. The predicted molar refractivity (Wildman–Crippen MR) is 132 cm³/mol. The van der Waals surface area contributed by atoms with Crippen LogP contribution in [0.1, 0.15) is 11.3 Å². The highest BCUT2D eigenvalue weighted by molar-refractivity contribution is 5.90. The zero-order valence-electron chi connectivity index (χ0n) is 19.3. The second-order valence-electron chi connectivity index (χ2n) is 7.46. The van der Waals surface area contributed by atoms with Gasteiger partial charge in [0.1, 0.15) is 11.8 Å². The molecule has 172 valence electrons. The lowest BCUT2D eigenvalue weighted by molar-refractivity contribution is 0.324. The summed E-state index contributed by atoms with van der Waals surface area (Å²) in [6.45, 7) is 0. The van der Waals surface area contributed by atoms with Gasteiger partial charge in [-0.25, -0.2) is 15.0 Å². The van der Waals surface area contributed by atoms with E-state index in [-0.39, 0.29) is 5.69 Å². The Balaban J connectivity index is 1.84. The van der Waals surface area contributed by atoms with Crippen molar-refractivity contribution in [3.63, 3.8) is 0 Å². The summed E-state index contributed by atoms with van der Waals surface area (Å²) in [6.07, 6.45) is 5.05. The lowest BCUT2D eigenvalue weighted by Crippen LogP contribution is -1.99. The average molecular weight is 464 g/mol. The van der Waals surface area contributed by atoms with Gasteiger partial charge in [0.15, 0.2) is 28.7 Å². The third kappa shape index (κ3) is 3.77. The molecule has 0 saturated carbocycles. The minimum Gasteiger partial charge on any atom is -0.493 e. The van der Waals surface area contributed by atoms with Crippen LogP contribution < -0.4 is 14.2 Å². The molecule has 3 aromatic heterocycles. The third-order valence-electron chi connectivity index (χ3n) is 5.51. The molecular formula is C26H20N6O3. The highest BCUT2D eigenvalue weighted by Gasteiger charge is 2.22. The maximum Gasteiger partial charge on any atom is 0.203 e. The molecule has 0 atom stereocenters. The van der Waals surface area contributed by atoms with Crippen LogP contribution in [0, 0.1) is 11.3 Å². The molecule has 5 aromatic rings. The highest BCUT2D eigenvalue weighted by atomic mass is 16.5. The summed E-state index contributed by atoms with van der Waals surface area (Å²) >= 11 is 0. The lowest BCUT2D eigenvalue weighted by atomic mass is 10.1. The molecule has 35 heavy (non-hydrogen) atoms. The summed E-state index contributed by atoms with van der Waals surface area (Å²) < 4.78 is 18.4. The van der Waals surface area contributed by atoms with Gasteiger partial charge in [-0.3, -0.25) is 9.38 Å². The number of nitrogens with zero attached hydrogens (tertiary/aromatic N) is 6. The number of nitriles is 1. The van der Waals surface area contributed by atoms with Gasteiger partial charge in [0.05, 0.1) is 32.4 Å². The Kier molecular flexibility index (Phi) is 5.69. The Morgan fingerprint density at radius 3 is 2.31 bits per heavy atom. The molecule has 9 heteroatoms. The first-order chi connectivity index (χ1) is 17.2. The van der Waals surface area contributed by atoms with Gasteiger partial charge in [-0.05, 0) is 42.0 Å². The first-order valence-electron chi connectivity index (χ1n) is 10.6. The number of benzene rings is 2. The van der Waals surface area contributed by atoms with Crippen LogP contribution in [0.3, 0.4) is 0 Å². The van der Waals surface area contributed by atoms with Crippen LogP contribution in [0.2, 0.25) is 0 Å². The minimum atomic E-state index is 0.183. The smallest absolute Gasteiger partial charge is 0.203 e. The Morgan fingerprint density at radius 2 is 1.66 bits per heavy atom. The van der Waals surface area contributed by atoms with Crippen molar-refractivity contribution < 1.29 is 14.2 Å². The van der Waals surface area contributed by atoms with Crippen LogP contribution >= 0.6 is 0 Å². The SMILES string of the molecule is COc1cc(-c2nc3ccccc3n3c(/N=C/c4ccncc4)c(C#N)nc23)cc(OC)c1OC. The van der Waals surface area contributed by atoms with E-state index in [4.69, 9.17) is 19.2 Å². The normalized spacial score (nSPS) is 11.1. The van der Waals surface area contributed by atoms with E-state index in [1.807, 2.05) is 40.8 Å². The van der Waals surface area contributed by atoms with E-state index >= 15 is 0 Å². The van der Waals surface area contributed by atoms with Gasteiger partial charge < -0.3 is 14.2 Å². The maximum absolute atomic E-state index is 9.90. The number of ether oxygens (including phenoxy) is 3. The molecule has 0 unspecified atom stereocenters. The fourth-order valence-electron chi connectivity index (χ4n) is 3.91. The first-order valence-corrected chi connectivity index (χ1v) is 10.6. The second kappa shape index (κ2) is 9.11. The van der Waals surface area contributed by atoms with Crippen LogP contribution in [-0.4, -0.2) is 46.9 Å². The molecule has 0 aliphatic carbocycles. The van der Waals surface area contributed by atoms with Crippen LogP contribution in [0.5, 0.6) is 17.2 Å². The van der Waals surface area contributed by atoms with Gasteiger partial charge in [-0.15, -0.1) is 0 Å². The molecule has 0 amide bonds. The van der Waals surface area contributed by atoms with Crippen molar-refractivity contribution in [2.75, 3.05) is 21.3 Å². The van der Waals surface area contributed by atoms with E-state index < -0.39 is 0 Å². The van der Waals surface area contributed by atoms with E-state index in [2.05, 4.69) is 21.0 Å². The van der Waals surface area contributed by atoms with E-state index in [0.717, 1.165) is 11.1 Å². The number of para-hydroxylation sites is 2. The second-order valence-corrected chi connectivity index (χ2v) is 7.46. The quantitative estimate of drug-likeness (QED) is 0.338. The van der Waals surface area contributed by atoms with Gasteiger partial charge in [-0.1, -0.05) is 12.1 Å². The number of aliphatic imine (C=N–C) groups is 1.